The molecule has 3 aliphatic carbocycles. The Bertz CT molecular complexity index is 1630. The number of H-pyrrole nitrogens is 1. The quantitative estimate of drug-likeness (QED) is 0.218. The van der Waals surface area contributed by atoms with Gasteiger partial charge in [0.25, 0.3) is 0 Å². The molecule has 0 saturated heterocycles. The zero-order valence-corrected chi connectivity index (χ0v) is 20.8. The van der Waals surface area contributed by atoms with Crippen LogP contribution in [0, 0.1) is 53.6 Å². The van der Waals surface area contributed by atoms with Gasteiger partial charge in [-0.3, -0.25) is 0 Å². The van der Waals surface area contributed by atoms with Gasteiger partial charge >= 0.3 is 0 Å². The Labute approximate surface area is 219 Å². The third-order valence-corrected chi connectivity index (χ3v) is 8.23. The Balaban J connectivity index is 1.55. The molecule has 2 N–H and O–H groups in total. The van der Waals surface area contributed by atoms with Gasteiger partial charge in [-0.05, 0) is 61.6 Å². The van der Waals surface area contributed by atoms with Crippen molar-refractivity contribution < 1.29 is 13.2 Å². The summed E-state index contributed by atoms with van der Waals surface area (Å²) in [5.41, 5.74) is 1.02. The van der Waals surface area contributed by atoms with E-state index in [1.165, 1.54) is 25.1 Å². The maximum absolute atomic E-state index is 16.1. The number of halogens is 3. The van der Waals surface area contributed by atoms with E-state index in [1.807, 2.05) is 18.2 Å². The molecule has 3 aliphatic rings. The van der Waals surface area contributed by atoms with Crippen molar-refractivity contribution in [1.82, 2.24) is 9.97 Å². The van der Waals surface area contributed by atoms with Crippen LogP contribution in [-0.4, -0.2) is 16.0 Å². The van der Waals surface area contributed by atoms with Gasteiger partial charge in [-0.1, -0.05) is 37.0 Å². The van der Waals surface area contributed by atoms with Crippen LogP contribution in [0.15, 0.2) is 48.7 Å². The molecule has 4 aromatic rings. The lowest BCUT2D eigenvalue weighted by Crippen LogP contribution is -2.47. The molecule has 3 fully saturated rings. The zero-order chi connectivity index (χ0) is 26.4. The van der Waals surface area contributed by atoms with Crippen molar-refractivity contribution in [1.29, 1.82) is 0 Å². The van der Waals surface area contributed by atoms with E-state index < -0.39 is 17.5 Å². The summed E-state index contributed by atoms with van der Waals surface area (Å²) >= 11 is 0. The molecule has 3 saturated carbocycles. The lowest BCUT2D eigenvalue weighted by molar-refractivity contribution is 0.0926. The van der Waals surface area contributed by atoms with Crippen molar-refractivity contribution in [3.63, 3.8) is 0 Å². The highest BCUT2D eigenvalue weighted by atomic mass is 19.1. The summed E-state index contributed by atoms with van der Waals surface area (Å²) < 4.78 is 44.8. The molecule has 2 bridgehead atoms. The first-order valence-electron chi connectivity index (χ1n) is 12.9. The number of benzene rings is 2. The number of nitrogens with one attached hydrogen (secondary N) is 2. The summed E-state index contributed by atoms with van der Waals surface area (Å²) in [5, 5.41) is 3.60. The topological polar surface area (TPSA) is 45.1 Å². The first kappa shape index (κ1) is 24.1. The molecular weight excluding hydrogens is 485 g/mol. The fourth-order valence-corrected chi connectivity index (χ4v) is 6.23. The van der Waals surface area contributed by atoms with Gasteiger partial charge < -0.3 is 10.3 Å². The van der Waals surface area contributed by atoms with Crippen molar-refractivity contribution in [3.05, 3.63) is 88.7 Å². The van der Waals surface area contributed by atoms with E-state index in [0.717, 1.165) is 18.9 Å². The van der Waals surface area contributed by atoms with Crippen molar-refractivity contribution in [2.24, 2.45) is 17.8 Å². The molecule has 0 radical (unpaired) electrons. The minimum atomic E-state index is -0.757. The standard InChI is InChI=1S/C31H25F3N4/c1-17-19-9-11-20(12-10-19)27(17)37-31-26(34)22(13-8-18-6-4-3-5-7-18)29(35-2)30(38-31)24-16-36-28-23(24)14-21(32)15-25(28)33/h3-7,14-17,19-20,27,36H,9-12H2,1H3,(H,37,38). The number of hydrogen-bond acceptors (Lipinski definition) is 2. The second-order valence-electron chi connectivity index (χ2n) is 10.3. The number of rotatable bonds is 3. The molecule has 2 heterocycles. The summed E-state index contributed by atoms with van der Waals surface area (Å²) in [5.74, 6) is 4.99. The maximum atomic E-state index is 16.1. The molecule has 7 heteroatoms. The number of hydrogen-bond donors (Lipinski definition) is 2. The molecule has 190 valence electrons. The summed E-state index contributed by atoms with van der Waals surface area (Å²) in [6, 6.07) is 11.1. The number of fused-ring (bicyclic) bond motifs is 4. The molecule has 2 aromatic heterocycles. The van der Waals surface area contributed by atoms with E-state index in [4.69, 9.17) is 6.57 Å². The Morgan fingerprint density at radius 1 is 1.03 bits per heavy atom. The normalized spacial score (nSPS) is 22.1. The van der Waals surface area contributed by atoms with Crippen LogP contribution < -0.4 is 5.32 Å². The van der Waals surface area contributed by atoms with Crippen LogP contribution in [0.2, 0.25) is 0 Å². The number of nitrogens with zero attached hydrogens (tertiary/aromatic N) is 2. The first-order chi connectivity index (χ1) is 18.4. The number of aromatic amines is 1. The van der Waals surface area contributed by atoms with Crippen LogP contribution in [0.4, 0.5) is 24.7 Å². The van der Waals surface area contributed by atoms with Crippen LogP contribution in [0.3, 0.4) is 0 Å². The van der Waals surface area contributed by atoms with Gasteiger partial charge in [0.15, 0.2) is 11.6 Å². The second kappa shape index (κ2) is 9.58. The first-order valence-corrected chi connectivity index (χ1v) is 12.9. The van der Waals surface area contributed by atoms with Gasteiger partial charge in [0, 0.05) is 34.8 Å². The number of aromatic nitrogens is 2. The summed E-state index contributed by atoms with van der Waals surface area (Å²) in [6.45, 7) is 10.1. The van der Waals surface area contributed by atoms with Gasteiger partial charge in [-0.2, -0.15) is 0 Å². The largest absolute Gasteiger partial charge is 0.364 e. The van der Waals surface area contributed by atoms with E-state index >= 15 is 4.39 Å². The fourth-order valence-electron chi connectivity index (χ4n) is 6.23. The van der Waals surface area contributed by atoms with Gasteiger partial charge in [-0.25, -0.2) is 23.0 Å². The lowest BCUT2D eigenvalue weighted by atomic mass is 9.62. The molecular formula is C31H25F3N4. The molecule has 0 amide bonds. The molecule has 7 rings (SSSR count). The smallest absolute Gasteiger partial charge is 0.231 e. The van der Waals surface area contributed by atoms with Crippen LogP contribution in [0.1, 0.15) is 43.7 Å². The predicted octanol–water partition coefficient (Wildman–Crippen LogP) is 7.83. The van der Waals surface area contributed by atoms with E-state index in [0.29, 0.717) is 28.9 Å². The lowest BCUT2D eigenvalue weighted by Gasteiger charge is -2.47. The maximum Gasteiger partial charge on any atom is 0.231 e. The Morgan fingerprint density at radius 2 is 1.76 bits per heavy atom. The third-order valence-electron chi connectivity index (χ3n) is 8.23. The fraction of sp³-hybridized carbons (Fsp3) is 0.290. The minimum Gasteiger partial charge on any atom is -0.364 e. The van der Waals surface area contributed by atoms with Crippen molar-refractivity contribution in [3.8, 4) is 23.1 Å². The zero-order valence-electron chi connectivity index (χ0n) is 20.8. The van der Waals surface area contributed by atoms with E-state index in [9.17, 15) is 8.78 Å². The van der Waals surface area contributed by atoms with Crippen molar-refractivity contribution in [2.45, 2.75) is 38.6 Å². The highest BCUT2D eigenvalue weighted by Gasteiger charge is 2.41. The Hall–Kier alpha value is -4.23. The average molecular weight is 511 g/mol. The van der Waals surface area contributed by atoms with Crippen LogP contribution in [-0.2, 0) is 0 Å². The average Bonchev–Trinajstić information content (AvgIpc) is 3.35. The number of anilines is 1. The summed E-state index contributed by atoms with van der Waals surface area (Å²) in [4.78, 5) is 11.0. The molecule has 38 heavy (non-hydrogen) atoms. The van der Waals surface area contributed by atoms with Crippen molar-refractivity contribution >= 4 is 22.4 Å². The highest BCUT2D eigenvalue weighted by Crippen LogP contribution is 2.47. The van der Waals surface area contributed by atoms with Gasteiger partial charge in [0.1, 0.15) is 11.6 Å². The van der Waals surface area contributed by atoms with Crippen LogP contribution >= 0.6 is 0 Å². The summed E-state index contributed by atoms with van der Waals surface area (Å²) in [6.07, 6.45) is 6.02. The van der Waals surface area contributed by atoms with Gasteiger partial charge in [0.2, 0.25) is 5.69 Å². The number of pyridine rings is 1. The third kappa shape index (κ3) is 4.09. The molecule has 0 aliphatic heterocycles. The predicted molar refractivity (Wildman–Crippen MR) is 142 cm³/mol. The van der Waals surface area contributed by atoms with E-state index in [2.05, 4.69) is 38.9 Å². The Morgan fingerprint density at radius 3 is 2.47 bits per heavy atom. The minimum absolute atomic E-state index is 0.0142. The van der Waals surface area contributed by atoms with E-state index in [1.54, 1.807) is 12.1 Å². The van der Waals surface area contributed by atoms with Crippen LogP contribution in [0.5, 0.6) is 0 Å². The second-order valence-corrected chi connectivity index (χ2v) is 10.3. The van der Waals surface area contributed by atoms with Gasteiger partial charge in [0.05, 0.1) is 23.3 Å². The molecule has 2 atom stereocenters. The van der Waals surface area contributed by atoms with Crippen LogP contribution in [0.25, 0.3) is 27.0 Å². The molecule has 2 unspecified atom stereocenters. The molecule has 0 spiro atoms. The summed E-state index contributed by atoms with van der Waals surface area (Å²) in [7, 11) is 0. The Kier molecular flexibility index (Phi) is 6.08. The van der Waals surface area contributed by atoms with Crippen molar-refractivity contribution in [2.75, 3.05) is 5.32 Å². The molecule has 4 nitrogen and oxygen atoms in total. The molecule has 2 aromatic carbocycles. The van der Waals surface area contributed by atoms with Gasteiger partial charge in [-0.15, -0.1) is 0 Å². The highest BCUT2D eigenvalue weighted by molar-refractivity contribution is 5.99. The SMILES string of the molecule is [C-]#[N+]c1c(-c2c[nH]c3c(F)cc(F)cc23)nc(NC2C3CCC(CC3)C2C)c(F)c1C#Cc1ccccc1. The monoisotopic (exact) mass is 510 g/mol. The van der Waals surface area contributed by atoms with E-state index in [-0.39, 0.29) is 39.7 Å².